The molecule has 4 aromatic rings. The van der Waals surface area contributed by atoms with Gasteiger partial charge in [0.15, 0.2) is 23.1 Å². The minimum atomic E-state index is -0.233. The molecule has 0 N–H and O–H groups in total. The fourth-order valence-electron chi connectivity index (χ4n) is 3.86. The molecule has 4 aromatic carbocycles. The molecule has 1 aliphatic carbocycles. The van der Waals surface area contributed by atoms with Gasteiger partial charge in [-0.15, -0.1) is 0 Å². The Morgan fingerprint density at radius 3 is 1.66 bits per heavy atom. The van der Waals surface area contributed by atoms with Crippen LogP contribution in [-0.4, -0.2) is 11.6 Å². The van der Waals surface area contributed by atoms with Crippen molar-refractivity contribution in [2.75, 3.05) is 0 Å². The number of ether oxygens (including phenoxy) is 2. The fraction of sp³-hybridized carbons (Fsp3) is 0.0714. The average Bonchev–Trinajstić information content (AvgIpc) is 2.86. The van der Waals surface area contributed by atoms with Gasteiger partial charge in [0.25, 0.3) is 0 Å². The Morgan fingerprint density at radius 1 is 0.500 bits per heavy atom. The Morgan fingerprint density at radius 2 is 1.03 bits per heavy atom. The molecule has 0 radical (unpaired) electrons. The topological polar surface area (TPSA) is 52.6 Å². The molecule has 4 heteroatoms. The summed E-state index contributed by atoms with van der Waals surface area (Å²) in [5, 5.41) is 0. The number of rotatable bonds is 6. The summed E-state index contributed by atoms with van der Waals surface area (Å²) in [6.45, 7) is 0.572. The zero-order valence-corrected chi connectivity index (χ0v) is 17.3. The van der Waals surface area contributed by atoms with Crippen LogP contribution in [0.25, 0.3) is 0 Å². The van der Waals surface area contributed by atoms with E-state index in [2.05, 4.69) is 0 Å². The molecule has 0 aliphatic heterocycles. The lowest BCUT2D eigenvalue weighted by molar-refractivity contribution is 0.0974. The van der Waals surface area contributed by atoms with Crippen molar-refractivity contribution in [3.8, 4) is 11.5 Å². The van der Waals surface area contributed by atoms with Crippen molar-refractivity contribution < 1.29 is 19.1 Å². The van der Waals surface area contributed by atoms with Crippen molar-refractivity contribution in [1.29, 1.82) is 0 Å². The maximum Gasteiger partial charge on any atom is 0.198 e. The van der Waals surface area contributed by atoms with Crippen molar-refractivity contribution in [3.63, 3.8) is 0 Å². The normalized spacial score (nSPS) is 12.1. The molecule has 0 amide bonds. The van der Waals surface area contributed by atoms with Gasteiger partial charge in [0.1, 0.15) is 13.2 Å². The van der Waals surface area contributed by atoms with Crippen LogP contribution in [0.15, 0.2) is 97.1 Å². The lowest BCUT2D eigenvalue weighted by Gasteiger charge is -2.22. The maximum absolute atomic E-state index is 13.4. The standard InChI is InChI=1S/C28H20O4/c29-26-21-13-7-8-14-22(21)27(30)25-23(26)15-16-24(31-17-19-9-3-1-4-10-19)28(25)32-18-20-11-5-2-6-12-20/h1-16H,17-18H2. The number of carbonyl (C=O) groups is 2. The molecule has 0 heterocycles. The molecule has 0 atom stereocenters. The summed E-state index contributed by atoms with van der Waals surface area (Å²) < 4.78 is 12.2. The van der Waals surface area contributed by atoms with Gasteiger partial charge in [-0.3, -0.25) is 9.59 Å². The maximum atomic E-state index is 13.4. The zero-order chi connectivity index (χ0) is 21.9. The second-order valence-electron chi connectivity index (χ2n) is 7.57. The van der Waals surface area contributed by atoms with E-state index < -0.39 is 0 Å². The van der Waals surface area contributed by atoms with Crippen LogP contribution < -0.4 is 9.47 Å². The van der Waals surface area contributed by atoms with Gasteiger partial charge >= 0.3 is 0 Å². The van der Waals surface area contributed by atoms with Gasteiger partial charge in [-0.1, -0.05) is 84.9 Å². The quantitative estimate of drug-likeness (QED) is 0.358. The van der Waals surface area contributed by atoms with Crippen molar-refractivity contribution in [2.45, 2.75) is 13.2 Å². The van der Waals surface area contributed by atoms with Gasteiger partial charge in [-0.2, -0.15) is 0 Å². The first-order valence-electron chi connectivity index (χ1n) is 10.4. The highest BCUT2D eigenvalue weighted by atomic mass is 16.5. The first-order chi connectivity index (χ1) is 15.7. The molecule has 1 aliphatic rings. The van der Waals surface area contributed by atoms with Crippen LogP contribution in [0.4, 0.5) is 0 Å². The van der Waals surface area contributed by atoms with Crippen LogP contribution >= 0.6 is 0 Å². The Balaban J connectivity index is 1.56. The molecule has 156 valence electrons. The smallest absolute Gasteiger partial charge is 0.198 e. The Hall–Kier alpha value is -4.18. The number of ketones is 2. The van der Waals surface area contributed by atoms with Crippen LogP contribution in [0, 0.1) is 0 Å². The molecular weight excluding hydrogens is 400 g/mol. The SMILES string of the molecule is O=C1c2ccccc2C(=O)c2c1ccc(OCc1ccccc1)c2OCc1ccccc1. The molecule has 0 spiro atoms. The van der Waals surface area contributed by atoms with E-state index in [1.807, 2.05) is 60.7 Å². The second-order valence-corrected chi connectivity index (χ2v) is 7.57. The molecule has 5 rings (SSSR count). The summed E-state index contributed by atoms with van der Waals surface area (Å²) in [7, 11) is 0. The third kappa shape index (κ3) is 3.67. The monoisotopic (exact) mass is 420 g/mol. The third-order valence-electron chi connectivity index (χ3n) is 5.47. The van der Waals surface area contributed by atoms with Crippen molar-refractivity contribution >= 4 is 11.6 Å². The summed E-state index contributed by atoms with van der Waals surface area (Å²) in [6.07, 6.45) is 0. The third-order valence-corrected chi connectivity index (χ3v) is 5.47. The fourth-order valence-corrected chi connectivity index (χ4v) is 3.86. The Labute approximate surface area is 186 Å². The summed E-state index contributed by atoms with van der Waals surface area (Å²) in [5.41, 5.74) is 3.34. The van der Waals surface area contributed by atoms with Gasteiger partial charge in [0.05, 0.1) is 5.56 Å². The number of fused-ring (bicyclic) bond motifs is 2. The number of carbonyl (C=O) groups excluding carboxylic acids is 2. The largest absolute Gasteiger partial charge is 0.485 e. The lowest BCUT2D eigenvalue weighted by atomic mass is 9.83. The summed E-state index contributed by atoms with van der Waals surface area (Å²) in [6, 6.07) is 29.7. The number of benzene rings is 4. The van der Waals surface area contributed by atoms with E-state index in [1.165, 1.54) is 0 Å². The van der Waals surface area contributed by atoms with Gasteiger partial charge in [0.2, 0.25) is 0 Å². The zero-order valence-electron chi connectivity index (χ0n) is 17.3. The predicted octanol–water partition coefficient (Wildman–Crippen LogP) is 5.62. The number of hydrogen-bond donors (Lipinski definition) is 0. The van der Waals surface area contributed by atoms with E-state index in [0.29, 0.717) is 34.8 Å². The van der Waals surface area contributed by atoms with Gasteiger partial charge in [-0.25, -0.2) is 0 Å². The highest BCUT2D eigenvalue weighted by Gasteiger charge is 2.34. The molecule has 4 nitrogen and oxygen atoms in total. The van der Waals surface area contributed by atoms with Crippen LogP contribution in [0.1, 0.15) is 43.0 Å². The Bertz CT molecular complexity index is 1290. The Kier molecular flexibility index (Phi) is 5.26. The first-order valence-corrected chi connectivity index (χ1v) is 10.4. The van der Waals surface area contributed by atoms with Crippen LogP contribution in [0.2, 0.25) is 0 Å². The van der Waals surface area contributed by atoms with E-state index in [4.69, 9.17) is 9.47 Å². The minimum Gasteiger partial charge on any atom is -0.485 e. The highest BCUT2D eigenvalue weighted by Crippen LogP contribution is 2.40. The predicted molar refractivity (Wildman–Crippen MR) is 121 cm³/mol. The molecule has 0 fully saturated rings. The van der Waals surface area contributed by atoms with E-state index in [-0.39, 0.29) is 23.7 Å². The molecule has 0 bridgehead atoms. The summed E-state index contributed by atoms with van der Waals surface area (Å²) in [5.74, 6) is 0.317. The van der Waals surface area contributed by atoms with Gasteiger partial charge in [0, 0.05) is 16.7 Å². The van der Waals surface area contributed by atoms with Crippen molar-refractivity contribution in [2.24, 2.45) is 0 Å². The molecule has 32 heavy (non-hydrogen) atoms. The molecular formula is C28H20O4. The van der Waals surface area contributed by atoms with E-state index in [1.54, 1.807) is 36.4 Å². The van der Waals surface area contributed by atoms with Gasteiger partial charge < -0.3 is 9.47 Å². The average molecular weight is 420 g/mol. The van der Waals surface area contributed by atoms with Crippen molar-refractivity contribution in [1.82, 2.24) is 0 Å². The minimum absolute atomic E-state index is 0.186. The van der Waals surface area contributed by atoms with E-state index in [9.17, 15) is 9.59 Å². The van der Waals surface area contributed by atoms with Gasteiger partial charge in [-0.05, 0) is 23.3 Å². The van der Waals surface area contributed by atoms with Crippen LogP contribution in [0.3, 0.4) is 0 Å². The van der Waals surface area contributed by atoms with E-state index >= 15 is 0 Å². The van der Waals surface area contributed by atoms with E-state index in [0.717, 1.165) is 11.1 Å². The second kappa shape index (κ2) is 8.52. The first kappa shape index (κ1) is 19.8. The summed E-state index contributed by atoms with van der Waals surface area (Å²) >= 11 is 0. The molecule has 0 saturated carbocycles. The highest BCUT2D eigenvalue weighted by molar-refractivity contribution is 6.29. The van der Waals surface area contributed by atoms with Crippen LogP contribution in [-0.2, 0) is 13.2 Å². The molecule has 0 saturated heterocycles. The summed E-state index contributed by atoms with van der Waals surface area (Å²) in [4.78, 5) is 26.5. The van der Waals surface area contributed by atoms with Crippen LogP contribution in [0.5, 0.6) is 11.5 Å². The molecule has 0 unspecified atom stereocenters. The number of hydrogen-bond acceptors (Lipinski definition) is 4. The lowest BCUT2D eigenvalue weighted by Crippen LogP contribution is -2.22. The molecule has 0 aromatic heterocycles. The van der Waals surface area contributed by atoms with Crippen molar-refractivity contribution in [3.05, 3.63) is 130 Å².